The molecule has 1 aliphatic rings. The van der Waals surface area contributed by atoms with E-state index in [2.05, 4.69) is 12.2 Å². The van der Waals surface area contributed by atoms with Crippen LogP contribution in [0, 0.1) is 5.41 Å². The Balaban J connectivity index is 2.11. The minimum absolute atomic E-state index is 0.247. The lowest BCUT2D eigenvalue weighted by molar-refractivity contribution is 0.0698. The number of hydrogen-bond acceptors (Lipinski definition) is 3. The Hall–Kier alpha value is -1.71. The highest BCUT2D eigenvalue weighted by molar-refractivity contribution is 5.95. The topological polar surface area (TPSA) is 75.3 Å². The molecule has 0 saturated heterocycles. The highest BCUT2D eigenvalue weighted by atomic mass is 16.4. The van der Waals surface area contributed by atoms with Crippen LogP contribution in [-0.4, -0.2) is 17.6 Å². The molecule has 4 N–H and O–H groups in total. The molecule has 18 heavy (non-hydrogen) atoms. The Kier molecular flexibility index (Phi) is 3.45. The Labute approximate surface area is 107 Å². The van der Waals surface area contributed by atoms with Gasteiger partial charge in [-0.2, -0.15) is 0 Å². The van der Waals surface area contributed by atoms with E-state index in [0.29, 0.717) is 11.4 Å². The predicted octanol–water partition coefficient (Wildman–Crippen LogP) is 2.96. The third-order valence-corrected chi connectivity index (χ3v) is 3.79. The normalized spacial score (nSPS) is 17.6. The van der Waals surface area contributed by atoms with E-state index in [1.165, 1.54) is 31.7 Å². The summed E-state index contributed by atoms with van der Waals surface area (Å²) in [5, 5.41) is 12.4. The molecule has 1 fully saturated rings. The molecular weight excluding hydrogens is 228 g/mol. The number of hydrogen-bond donors (Lipinski definition) is 3. The van der Waals surface area contributed by atoms with E-state index in [0.717, 1.165) is 6.54 Å². The first kappa shape index (κ1) is 12.7. The Bertz CT molecular complexity index is 451. The van der Waals surface area contributed by atoms with Crippen LogP contribution in [0.4, 0.5) is 11.4 Å². The van der Waals surface area contributed by atoms with Gasteiger partial charge in [0.15, 0.2) is 0 Å². The van der Waals surface area contributed by atoms with Gasteiger partial charge in [0.25, 0.3) is 0 Å². The lowest BCUT2D eigenvalue weighted by Crippen LogP contribution is -2.23. The molecule has 0 atom stereocenters. The second kappa shape index (κ2) is 4.88. The van der Waals surface area contributed by atoms with Gasteiger partial charge in [0.1, 0.15) is 0 Å². The van der Waals surface area contributed by atoms with E-state index < -0.39 is 5.97 Å². The van der Waals surface area contributed by atoms with Gasteiger partial charge < -0.3 is 16.2 Å². The van der Waals surface area contributed by atoms with Crippen LogP contribution in [0.1, 0.15) is 43.0 Å². The van der Waals surface area contributed by atoms with Gasteiger partial charge in [-0.05, 0) is 36.5 Å². The van der Waals surface area contributed by atoms with Crippen LogP contribution in [0.15, 0.2) is 18.2 Å². The Morgan fingerprint density at radius 1 is 1.44 bits per heavy atom. The molecule has 0 amide bonds. The zero-order chi connectivity index (χ0) is 13.2. The summed E-state index contributed by atoms with van der Waals surface area (Å²) in [6.45, 7) is 3.07. The molecule has 0 spiro atoms. The van der Waals surface area contributed by atoms with Crippen molar-refractivity contribution in [1.82, 2.24) is 0 Å². The molecule has 0 heterocycles. The summed E-state index contributed by atoms with van der Waals surface area (Å²) in [6, 6.07) is 4.98. The van der Waals surface area contributed by atoms with Crippen molar-refractivity contribution in [2.45, 2.75) is 32.6 Å². The summed E-state index contributed by atoms with van der Waals surface area (Å²) in [5.41, 5.74) is 7.29. The second-order valence-electron chi connectivity index (χ2n) is 5.48. The molecule has 1 aromatic carbocycles. The maximum absolute atomic E-state index is 11.2. The smallest absolute Gasteiger partial charge is 0.337 e. The second-order valence-corrected chi connectivity index (χ2v) is 5.48. The number of carboxylic acid groups (broad SMARTS) is 1. The molecule has 0 radical (unpaired) electrons. The van der Waals surface area contributed by atoms with Crippen molar-refractivity contribution >= 4 is 17.3 Å². The number of carboxylic acids is 1. The summed E-state index contributed by atoms with van der Waals surface area (Å²) in [6.07, 6.45) is 4.95. The summed E-state index contributed by atoms with van der Waals surface area (Å²) < 4.78 is 0. The highest BCUT2D eigenvalue weighted by Gasteiger charge is 2.28. The van der Waals surface area contributed by atoms with Gasteiger partial charge in [0, 0.05) is 17.9 Å². The predicted molar refractivity (Wildman–Crippen MR) is 72.9 cm³/mol. The van der Waals surface area contributed by atoms with Crippen LogP contribution in [0.5, 0.6) is 0 Å². The first-order valence-corrected chi connectivity index (χ1v) is 6.37. The minimum Gasteiger partial charge on any atom is -0.478 e. The van der Waals surface area contributed by atoms with E-state index >= 15 is 0 Å². The Morgan fingerprint density at radius 2 is 2.11 bits per heavy atom. The summed E-state index contributed by atoms with van der Waals surface area (Å²) >= 11 is 0. The van der Waals surface area contributed by atoms with E-state index in [1.54, 1.807) is 12.1 Å². The zero-order valence-corrected chi connectivity index (χ0v) is 10.7. The molecule has 2 rings (SSSR count). The van der Waals surface area contributed by atoms with Crippen molar-refractivity contribution in [3.05, 3.63) is 23.8 Å². The molecule has 4 heteroatoms. The summed E-state index contributed by atoms with van der Waals surface area (Å²) in [7, 11) is 0. The number of carbonyl (C=O) groups is 1. The van der Waals surface area contributed by atoms with Crippen LogP contribution in [0.2, 0.25) is 0 Å². The van der Waals surface area contributed by atoms with Gasteiger partial charge in [-0.15, -0.1) is 0 Å². The number of benzene rings is 1. The molecule has 0 aromatic heterocycles. The molecule has 98 valence electrons. The van der Waals surface area contributed by atoms with Crippen LogP contribution < -0.4 is 11.1 Å². The standard InChI is InChI=1S/C14H20N2O2/c1-14(6-2-3-7-14)9-16-12-5-4-10(15)8-11(12)13(17)18/h4-5,8,16H,2-3,6-7,9,15H2,1H3,(H,17,18). The van der Waals surface area contributed by atoms with Crippen LogP contribution >= 0.6 is 0 Å². The zero-order valence-electron chi connectivity index (χ0n) is 10.7. The molecule has 0 aliphatic heterocycles. The van der Waals surface area contributed by atoms with Gasteiger partial charge in [-0.25, -0.2) is 4.79 Å². The van der Waals surface area contributed by atoms with Gasteiger partial charge in [-0.3, -0.25) is 0 Å². The fourth-order valence-electron chi connectivity index (χ4n) is 2.61. The fraction of sp³-hybridized carbons (Fsp3) is 0.500. The van der Waals surface area contributed by atoms with Crippen molar-refractivity contribution in [3.63, 3.8) is 0 Å². The first-order valence-electron chi connectivity index (χ1n) is 6.37. The lowest BCUT2D eigenvalue weighted by Gasteiger charge is -2.25. The number of aromatic carboxylic acids is 1. The van der Waals surface area contributed by atoms with Crippen LogP contribution in [0.3, 0.4) is 0 Å². The van der Waals surface area contributed by atoms with Crippen LogP contribution in [-0.2, 0) is 0 Å². The van der Waals surface area contributed by atoms with E-state index in [9.17, 15) is 4.79 Å². The Morgan fingerprint density at radius 3 is 2.72 bits per heavy atom. The van der Waals surface area contributed by atoms with Crippen molar-refractivity contribution < 1.29 is 9.90 Å². The fourth-order valence-corrected chi connectivity index (χ4v) is 2.61. The van der Waals surface area contributed by atoms with Crippen LogP contribution in [0.25, 0.3) is 0 Å². The molecule has 1 aliphatic carbocycles. The van der Waals surface area contributed by atoms with Crippen molar-refractivity contribution in [1.29, 1.82) is 0 Å². The maximum Gasteiger partial charge on any atom is 0.337 e. The maximum atomic E-state index is 11.2. The van der Waals surface area contributed by atoms with E-state index in [-0.39, 0.29) is 11.0 Å². The molecule has 1 saturated carbocycles. The van der Waals surface area contributed by atoms with Gasteiger partial charge >= 0.3 is 5.97 Å². The third kappa shape index (κ3) is 2.75. The molecule has 0 unspecified atom stereocenters. The SMILES string of the molecule is CC1(CNc2ccc(N)cc2C(=O)O)CCCC1. The van der Waals surface area contributed by atoms with Gasteiger partial charge in [0.05, 0.1) is 5.56 Å². The van der Waals surface area contributed by atoms with Gasteiger partial charge in [0.2, 0.25) is 0 Å². The molecule has 1 aromatic rings. The minimum atomic E-state index is -0.943. The first-order chi connectivity index (χ1) is 8.50. The monoisotopic (exact) mass is 248 g/mol. The largest absolute Gasteiger partial charge is 0.478 e. The summed E-state index contributed by atoms with van der Waals surface area (Å²) in [4.78, 5) is 11.2. The molecule has 4 nitrogen and oxygen atoms in total. The van der Waals surface area contributed by atoms with E-state index in [1.807, 2.05) is 0 Å². The number of anilines is 2. The van der Waals surface area contributed by atoms with E-state index in [4.69, 9.17) is 10.8 Å². The number of nitrogens with one attached hydrogen (secondary N) is 1. The average Bonchev–Trinajstić information content (AvgIpc) is 2.75. The van der Waals surface area contributed by atoms with Crippen molar-refractivity contribution in [2.75, 3.05) is 17.6 Å². The van der Waals surface area contributed by atoms with Crippen molar-refractivity contribution in [3.8, 4) is 0 Å². The highest BCUT2D eigenvalue weighted by Crippen LogP contribution is 2.37. The lowest BCUT2D eigenvalue weighted by atomic mass is 9.89. The number of rotatable bonds is 4. The molecule has 0 bridgehead atoms. The van der Waals surface area contributed by atoms with Gasteiger partial charge in [-0.1, -0.05) is 19.8 Å². The van der Waals surface area contributed by atoms with Crippen molar-refractivity contribution in [2.24, 2.45) is 5.41 Å². The third-order valence-electron chi connectivity index (χ3n) is 3.79. The summed E-state index contributed by atoms with van der Waals surface area (Å²) in [5.74, 6) is -0.943. The average molecular weight is 248 g/mol. The number of nitrogen functional groups attached to an aromatic ring is 1. The number of nitrogens with two attached hydrogens (primary N) is 1. The quantitative estimate of drug-likeness (QED) is 0.716. The molecular formula is C14H20N2O2.